The van der Waals surface area contributed by atoms with Crippen molar-refractivity contribution in [3.05, 3.63) is 59.1 Å². The molecule has 184 valence electrons. The SMILES string of the molecule is CC(C)(C)OC(=O)NCCC(=O)NCc1ccc(NC(=O)CCCOc2ccccc2Cl)cc1. The molecule has 2 aromatic carbocycles. The highest BCUT2D eigenvalue weighted by atomic mass is 35.5. The highest BCUT2D eigenvalue weighted by Crippen LogP contribution is 2.23. The van der Waals surface area contributed by atoms with E-state index < -0.39 is 11.7 Å². The van der Waals surface area contributed by atoms with Gasteiger partial charge in [0.05, 0.1) is 11.6 Å². The van der Waals surface area contributed by atoms with Crippen LogP contribution in [0.5, 0.6) is 5.75 Å². The Balaban J connectivity index is 1.62. The summed E-state index contributed by atoms with van der Waals surface area (Å²) in [7, 11) is 0. The third-order valence-corrected chi connectivity index (χ3v) is 4.70. The van der Waals surface area contributed by atoms with Gasteiger partial charge in [0.15, 0.2) is 0 Å². The monoisotopic (exact) mass is 489 g/mol. The fourth-order valence-corrected chi connectivity index (χ4v) is 2.98. The molecular weight excluding hydrogens is 458 g/mol. The van der Waals surface area contributed by atoms with Crippen molar-refractivity contribution in [2.24, 2.45) is 0 Å². The Morgan fingerprint density at radius 3 is 2.29 bits per heavy atom. The lowest BCUT2D eigenvalue weighted by Crippen LogP contribution is -2.35. The van der Waals surface area contributed by atoms with E-state index in [9.17, 15) is 14.4 Å². The van der Waals surface area contributed by atoms with Gasteiger partial charge in [-0.3, -0.25) is 9.59 Å². The summed E-state index contributed by atoms with van der Waals surface area (Å²) in [6.45, 7) is 6.25. The standard InChI is InChI=1S/C25H32ClN3O5/c1-25(2,3)34-24(32)27-15-14-22(30)28-17-18-10-12-19(13-11-18)29-23(31)9-6-16-33-21-8-5-4-7-20(21)26/h4-5,7-8,10-13H,6,9,14-17H2,1-3H3,(H,27,32)(H,28,30)(H,29,31). The summed E-state index contributed by atoms with van der Waals surface area (Å²) in [6, 6.07) is 14.4. The second-order valence-electron chi connectivity index (χ2n) is 8.58. The minimum Gasteiger partial charge on any atom is -0.492 e. The van der Waals surface area contributed by atoms with E-state index in [0.717, 1.165) is 5.56 Å². The van der Waals surface area contributed by atoms with Crippen molar-refractivity contribution in [2.75, 3.05) is 18.5 Å². The Morgan fingerprint density at radius 2 is 1.62 bits per heavy atom. The molecule has 8 nitrogen and oxygen atoms in total. The van der Waals surface area contributed by atoms with Crippen LogP contribution >= 0.6 is 11.6 Å². The van der Waals surface area contributed by atoms with Gasteiger partial charge in [-0.25, -0.2) is 4.79 Å². The van der Waals surface area contributed by atoms with Gasteiger partial charge in [0, 0.05) is 31.6 Å². The van der Waals surface area contributed by atoms with Gasteiger partial charge >= 0.3 is 6.09 Å². The molecule has 0 heterocycles. The Kier molecular flexibility index (Phi) is 10.7. The Labute approximate surface area is 205 Å². The molecule has 0 atom stereocenters. The van der Waals surface area contributed by atoms with Crippen molar-refractivity contribution in [3.8, 4) is 5.75 Å². The maximum absolute atomic E-state index is 12.1. The number of nitrogens with one attached hydrogen (secondary N) is 3. The number of anilines is 1. The van der Waals surface area contributed by atoms with Gasteiger partial charge in [0.25, 0.3) is 0 Å². The molecule has 0 aromatic heterocycles. The first-order valence-corrected chi connectivity index (χ1v) is 11.5. The summed E-state index contributed by atoms with van der Waals surface area (Å²) in [5.41, 5.74) is 0.983. The molecule has 0 aliphatic rings. The predicted molar refractivity (Wildman–Crippen MR) is 132 cm³/mol. The first-order chi connectivity index (χ1) is 16.1. The van der Waals surface area contributed by atoms with E-state index in [1.807, 2.05) is 24.3 Å². The van der Waals surface area contributed by atoms with Crippen LogP contribution in [0.25, 0.3) is 0 Å². The zero-order chi connectivity index (χ0) is 25.0. The summed E-state index contributed by atoms with van der Waals surface area (Å²) in [4.78, 5) is 35.6. The van der Waals surface area contributed by atoms with E-state index in [2.05, 4.69) is 16.0 Å². The lowest BCUT2D eigenvalue weighted by atomic mass is 10.2. The molecular formula is C25H32ClN3O5. The summed E-state index contributed by atoms with van der Waals surface area (Å²) >= 11 is 6.03. The first-order valence-electron chi connectivity index (χ1n) is 11.1. The van der Waals surface area contributed by atoms with Crippen molar-refractivity contribution in [1.82, 2.24) is 10.6 Å². The number of carbonyl (C=O) groups excluding carboxylic acids is 3. The second kappa shape index (κ2) is 13.4. The Hall–Kier alpha value is -3.26. The van der Waals surface area contributed by atoms with Crippen molar-refractivity contribution < 1.29 is 23.9 Å². The molecule has 3 amide bonds. The third kappa shape index (κ3) is 11.0. The number of hydrogen-bond acceptors (Lipinski definition) is 5. The average Bonchev–Trinajstić information content (AvgIpc) is 2.76. The quantitative estimate of drug-likeness (QED) is 0.398. The highest BCUT2D eigenvalue weighted by Gasteiger charge is 2.15. The normalized spacial score (nSPS) is 10.8. The molecule has 0 saturated carbocycles. The zero-order valence-electron chi connectivity index (χ0n) is 19.8. The van der Waals surface area contributed by atoms with Gasteiger partial charge in [-0.15, -0.1) is 0 Å². The number of amides is 3. The van der Waals surface area contributed by atoms with Crippen molar-refractivity contribution >= 4 is 35.2 Å². The maximum atomic E-state index is 12.1. The van der Waals surface area contributed by atoms with E-state index in [0.29, 0.717) is 42.5 Å². The number of alkyl carbamates (subject to hydrolysis) is 1. The van der Waals surface area contributed by atoms with E-state index >= 15 is 0 Å². The van der Waals surface area contributed by atoms with Crippen molar-refractivity contribution in [2.45, 2.75) is 52.2 Å². The van der Waals surface area contributed by atoms with Crippen LogP contribution in [0.15, 0.2) is 48.5 Å². The molecule has 0 saturated heterocycles. The molecule has 0 spiro atoms. The second-order valence-corrected chi connectivity index (χ2v) is 8.99. The molecule has 9 heteroatoms. The topological polar surface area (TPSA) is 106 Å². The molecule has 0 radical (unpaired) electrons. The molecule has 0 aliphatic heterocycles. The lowest BCUT2D eigenvalue weighted by molar-refractivity contribution is -0.121. The smallest absolute Gasteiger partial charge is 0.407 e. The maximum Gasteiger partial charge on any atom is 0.407 e. The fourth-order valence-electron chi connectivity index (χ4n) is 2.79. The molecule has 0 aliphatic carbocycles. The number of rotatable bonds is 11. The highest BCUT2D eigenvalue weighted by molar-refractivity contribution is 6.32. The number of carbonyl (C=O) groups is 3. The number of hydrogen-bond donors (Lipinski definition) is 3. The molecule has 3 N–H and O–H groups in total. The minimum atomic E-state index is -0.580. The van der Waals surface area contributed by atoms with Crippen LogP contribution in [0.2, 0.25) is 5.02 Å². The lowest BCUT2D eigenvalue weighted by Gasteiger charge is -2.19. The molecule has 2 rings (SSSR count). The van der Waals surface area contributed by atoms with E-state index in [1.54, 1.807) is 45.0 Å². The summed E-state index contributed by atoms with van der Waals surface area (Å²) in [6.07, 6.45) is 0.475. The van der Waals surface area contributed by atoms with E-state index in [1.165, 1.54) is 0 Å². The molecule has 2 aromatic rings. The van der Waals surface area contributed by atoms with E-state index in [-0.39, 0.29) is 24.8 Å². The molecule has 0 bridgehead atoms. The molecule has 34 heavy (non-hydrogen) atoms. The Bertz CT molecular complexity index is 958. The van der Waals surface area contributed by atoms with Gasteiger partial charge in [-0.1, -0.05) is 35.9 Å². The predicted octanol–water partition coefficient (Wildman–Crippen LogP) is 4.67. The summed E-state index contributed by atoms with van der Waals surface area (Å²) in [5, 5.41) is 8.72. The minimum absolute atomic E-state index is 0.110. The van der Waals surface area contributed by atoms with Crippen LogP contribution in [-0.4, -0.2) is 36.7 Å². The van der Waals surface area contributed by atoms with Crippen LogP contribution in [0.3, 0.4) is 0 Å². The first kappa shape index (κ1) is 27.0. The number of ether oxygens (including phenoxy) is 2. The third-order valence-electron chi connectivity index (χ3n) is 4.39. The fraction of sp³-hybridized carbons (Fsp3) is 0.400. The van der Waals surface area contributed by atoms with Crippen molar-refractivity contribution in [1.29, 1.82) is 0 Å². The van der Waals surface area contributed by atoms with E-state index in [4.69, 9.17) is 21.1 Å². The van der Waals surface area contributed by atoms with Crippen molar-refractivity contribution in [3.63, 3.8) is 0 Å². The van der Waals surface area contributed by atoms with Crippen LogP contribution in [-0.2, 0) is 20.9 Å². The molecule has 0 unspecified atom stereocenters. The Morgan fingerprint density at radius 1 is 0.912 bits per heavy atom. The number of benzene rings is 2. The number of halogens is 1. The molecule has 0 fully saturated rings. The summed E-state index contributed by atoms with van der Waals surface area (Å²) < 4.78 is 10.7. The summed E-state index contributed by atoms with van der Waals surface area (Å²) in [5.74, 6) is 0.306. The van der Waals surface area contributed by atoms with Gasteiger partial charge in [-0.05, 0) is 57.0 Å². The van der Waals surface area contributed by atoms with Gasteiger partial charge in [0.2, 0.25) is 11.8 Å². The van der Waals surface area contributed by atoms with Crippen LogP contribution in [0, 0.1) is 0 Å². The van der Waals surface area contributed by atoms with Crippen LogP contribution < -0.4 is 20.7 Å². The van der Waals surface area contributed by atoms with Crippen LogP contribution in [0.1, 0.15) is 45.6 Å². The van der Waals surface area contributed by atoms with Gasteiger partial charge < -0.3 is 25.4 Å². The van der Waals surface area contributed by atoms with Gasteiger partial charge in [0.1, 0.15) is 11.4 Å². The van der Waals surface area contributed by atoms with Crippen LogP contribution in [0.4, 0.5) is 10.5 Å². The van der Waals surface area contributed by atoms with Gasteiger partial charge in [-0.2, -0.15) is 0 Å². The average molecular weight is 490 g/mol. The zero-order valence-corrected chi connectivity index (χ0v) is 20.5. The largest absolute Gasteiger partial charge is 0.492 e. The number of para-hydroxylation sites is 1.